The van der Waals surface area contributed by atoms with Crippen molar-refractivity contribution in [3.63, 3.8) is 0 Å². The van der Waals surface area contributed by atoms with Gasteiger partial charge in [-0.1, -0.05) is 22.0 Å². The van der Waals surface area contributed by atoms with Crippen LogP contribution in [-0.4, -0.2) is 8.42 Å². The molecule has 1 aliphatic rings. The fourth-order valence-corrected chi connectivity index (χ4v) is 4.90. The Balaban J connectivity index is 2.05. The number of hydrogen-bond acceptors (Lipinski definition) is 2. The van der Waals surface area contributed by atoms with Crippen LogP contribution in [0.25, 0.3) is 0 Å². The summed E-state index contributed by atoms with van der Waals surface area (Å²) >= 11 is 3.40. The maximum Gasteiger partial charge on any atom is 0.185 e. The Morgan fingerprint density at radius 3 is 2.50 bits per heavy atom. The Kier molecular flexibility index (Phi) is 3.42. The van der Waals surface area contributed by atoms with Crippen molar-refractivity contribution in [3.05, 3.63) is 63.9 Å². The van der Waals surface area contributed by atoms with Crippen LogP contribution in [0.1, 0.15) is 22.8 Å². The van der Waals surface area contributed by atoms with Crippen molar-refractivity contribution in [1.29, 1.82) is 0 Å². The summed E-state index contributed by atoms with van der Waals surface area (Å²) in [6.07, 6.45) is 1.32. The molecule has 2 nitrogen and oxygen atoms in total. The summed E-state index contributed by atoms with van der Waals surface area (Å²) in [7, 11) is -3.46. The largest absolute Gasteiger partial charge is 0.223 e. The van der Waals surface area contributed by atoms with Crippen molar-refractivity contribution in [2.75, 3.05) is 0 Å². The number of hydrogen-bond donors (Lipinski definition) is 0. The molecule has 3 rings (SSSR count). The third-order valence-electron chi connectivity index (χ3n) is 3.64. The van der Waals surface area contributed by atoms with Gasteiger partial charge in [0.05, 0.1) is 10.1 Å². The Morgan fingerprint density at radius 1 is 1.10 bits per heavy atom. The Morgan fingerprint density at radius 2 is 1.80 bits per heavy atom. The lowest BCUT2D eigenvalue weighted by atomic mass is 10.1. The van der Waals surface area contributed by atoms with Crippen molar-refractivity contribution in [3.8, 4) is 0 Å². The molecule has 5 heteroatoms. The van der Waals surface area contributed by atoms with E-state index in [-0.39, 0.29) is 4.90 Å². The normalized spacial score (nSPS) is 18.0. The monoisotopic (exact) mass is 354 g/mol. The van der Waals surface area contributed by atoms with Gasteiger partial charge in [-0.05, 0) is 60.4 Å². The van der Waals surface area contributed by atoms with E-state index in [1.807, 2.05) is 18.2 Å². The van der Waals surface area contributed by atoms with E-state index in [9.17, 15) is 12.8 Å². The van der Waals surface area contributed by atoms with E-state index in [0.717, 1.165) is 22.0 Å². The Labute approximate surface area is 125 Å². The molecule has 0 aromatic heterocycles. The highest BCUT2D eigenvalue weighted by molar-refractivity contribution is 9.10. The fourth-order valence-electron chi connectivity index (χ4n) is 2.66. The number of fused-ring (bicyclic) bond motifs is 1. The molecular formula is C15H12BrFO2S. The summed E-state index contributed by atoms with van der Waals surface area (Å²) in [5.74, 6) is -0.431. The smallest absolute Gasteiger partial charge is 0.185 e. The summed E-state index contributed by atoms with van der Waals surface area (Å²) < 4.78 is 39.2. The van der Waals surface area contributed by atoms with Gasteiger partial charge < -0.3 is 0 Å². The lowest BCUT2D eigenvalue weighted by Crippen LogP contribution is -2.11. The second kappa shape index (κ2) is 4.97. The van der Waals surface area contributed by atoms with Crippen LogP contribution in [0, 0.1) is 5.82 Å². The standard InChI is InChI=1S/C15H12BrFO2S/c16-11-2-7-14-10(9-11)1-8-15(14)20(18,19)13-5-3-12(17)4-6-13/h2-7,9,15H,1,8H2. The highest BCUT2D eigenvalue weighted by Gasteiger charge is 2.34. The molecule has 0 bridgehead atoms. The average molecular weight is 355 g/mol. The van der Waals surface area contributed by atoms with Crippen LogP contribution in [0.4, 0.5) is 4.39 Å². The van der Waals surface area contributed by atoms with Crippen molar-refractivity contribution in [1.82, 2.24) is 0 Å². The van der Waals surface area contributed by atoms with Crippen LogP contribution in [0.5, 0.6) is 0 Å². The highest BCUT2D eigenvalue weighted by Crippen LogP contribution is 2.41. The van der Waals surface area contributed by atoms with E-state index in [0.29, 0.717) is 6.42 Å². The summed E-state index contributed by atoms with van der Waals surface area (Å²) in [4.78, 5) is 0.180. The third-order valence-corrected chi connectivity index (χ3v) is 6.31. The number of sulfone groups is 1. The average Bonchev–Trinajstić information content (AvgIpc) is 2.82. The second-order valence-electron chi connectivity index (χ2n) is 4.87. The van der Waals surface area contributed by atoms with E-state index in [1.165, 1.54) is 24.3 Å². The number of aryl methyl sites for hydroxylation is 1. The fraction of sp³-hybridized carbons (Fsp3) is 0.200. The molecule has 104 valence electrons. The molecule has 0 spiro atoms. The van der Waals surface area contributed by atoms with E-state index >= 15 is 0 Å². The van der Waals surface area contributed by atoms with Crippen LogP contribution in [0.3, 0.4) is 0 Å². The predicted octanol–water partition coefficient (Wildman–Crippen LogP) is 4.05. The molecule has 2 aromatic rings. The van der Waals surface area contributed by atoms with Crippen molar-refractivity contribution < 1.29 is 12.8 Å². The molecule has 1 unspecified atom stereocenters. The van der Waals surface area contributed by atoms with E-state index in [4.69, 9.17) is 0 Å². The SMILES string of the molecule is O=S(=O)(c1ccc(F)cc1)C1CCc2cc(Br)ccc21. The van der Waals surface area contributed by atoms with Gasteiger partial charge in [0.15, 0.2) is 9.84 Å². The van der Waals surface area contributed by atoms with Crippen LogP contribution in [-0.2, 0) is 16.3 Å². The molecule has 2 aromatic carbocycles. The maximum atomic E-state index is 12.9. The van der Waals surface area contributed by atoms with Crippen molar-refractivity contribution >= 4 is 25.8 Å². The molecule has 0 amide bonds. The molecule has 0 N–H and O–H groups in total. The van der Waals surface area contributed by atoms with Gasteiger partial charge in [0.25, 0.3) is 0 Å². The summed E-state index contributed by atoms with van der Waals surface area (Å²) in [5, 5.41) is -0.531. The zero-order valence-corrected chi connectivity index (χ0v) is 12.9. The molecule has 0 radical (unpaired) electrons. The molecule has 0 saturated carbocycles. The Bertz CT molecular complexity index is 754. The van der Waals surface area contributed by atoms with Gasteiger partial charge in [0.2, 0.25) is 0 Å². The van der Waals surface area contributed by atoms with E-state index in [1.54, 1.807) is 0 Å². The topological polar surface area (TPSA) is 34.1 Å². The molecule has 1 atom stereocenters. The predicted molar refractivity (Wildman–Crippen MR) is 78.8 cm³/mol. The van der Waals surface area contributed by atoms with E-state index < -0.39 is 20.9 Å². The first-order valence-corrected chi connectivity index (χ1v) is 8.60. The Hall–Kier alpha value is -1.20. The summed E-state index contributed by atoms with van der Waals surface area (Å²) in [6.45, 7) is 0. The van der Waals surface area contributed by atoms with Crippen LogP contribution in [0.2, 0.25) is 0 Å². The minimum atomic E-state index is -3.46. The highest BCUT2D eigenvalue weighted by atomic mass is 79.9. The van der Waals surface area contributed by atoms with Gasteiger partial charge in [0, 0.05) is 4.47 Å². The molecule has 0 heterocycles. The van der Waals surface area contributed by atoms with Gasteiger partial charge in [-0.3, -0.25) is 0 Å². The van der Waals surface area contributed by atoms with Gasteiger partial charge in [-0.25, -0.2) is 12.8 Å². The molecule has 1 aliphatic carbocycles. The first kappa shape index (κ1) is 13.8. The summed E-state index contributed by atoms with van der Waals surface area (Å²) in [6, 6.07) is 10.7. The minimum absolute atomic E-state index is 0.180. The van der Waals surface area contributed by atoms with Gasteiger partial charge >= 0.3 is 0 Å². The zero-order chi connectivity index (χ0) is 14.3. The number of halogens is 2. The molecule has 20 heavy (non-hydrogen) atoms. The number of benzene rings is 2. The van der Waals surface area contributed by atoms with Crippen molar-refractivity contribution in [2.24, 2.45) is 0 Å². The van der Waals surface area contributed by atoms with Gasteiger partial charge in [-0.15, -0.1) is 0 Å². The van der Waals surface area contributed by atoms with Crippen molar-refractivity contribution in [2.45, 2.75) is 23.0 Å². The van der Waals surface area contributed by atoms with Gasteiger partial charge in [0.1, 0.15) is 5.82 Å². The maximum absolute atomic E-state index is 12.9. The lowest BCUT2D eigenvalue weighted by Gasteiger charge is -2.13. The first-order valence-electron chi connectivity index (χ1n) is 6.26. The quantitative estimate of drug-likeness (QED) is 0.762. The molecule has 0 fully saturated rings. The summed E-state index contributed by atoms with van der Waals surface area (Å²) in [5.41, 5.74) is 1.92. The van der Waals surface area contributed by atoms with Crippen LogP contribution in [0.15, 0.2) is 51.8 Å². The van der Waals surface area contributed by atoms with E-state index in [2.05, 4.69) is 15.9 Å². The molecular weight excluding hydrogens is 343 g/mol. The van der Waals surface area contributed by atoms with Crippen LogP contribution < -0.4 is 0 Å². The molecule has 0 saturated heterocycles. The third kappa shape index (κ3) is 2.29. The van der Waals surface area contributed by atoms with Crippen LogP contribution >= 0.6 is 15.9 Å². The minimum Gasteiger partial charge on any atom is -0.223 e. The zero-order valence-electron chi connectivity index (χ0n) is 10.5. The first-order chi connectivity index (χ1) is 9.48. The molecule has 0 aliphatic heterocycles. The van der Waals surface area contributed by atoms with Gasteiger partial charge in [-0.2, -0.15) is 0 Å². The second-order valence-corrected chi connectivity index (χ2v) is 7.92. The number of rotatable bonds is 2. The lowest BCUT2D eigenvalue weighted by molar-refractivity contribution is 0.580.